The Balaban J connectivity index is 2.50. The molecule has 1 aromatic carbocycles. The van der Waals surface area contributed by atoms with Crippen LogP contribution >= 0.6 is 23.2 Å². The normalized spacial score (nSPS) is 10.4. The molecule has 2 nitrogen and oxygen atoms in total. The van der Waals surface area contributed by atoms with Crippen molar-refractivity contribution in [1.29, 1.82) is 0 Å². The predicted octanol–water partition coefficient (Wildman–Crippen LogP) is 4.46. The van der Waals surface area contributed by atoms with Gasteiger partial charge in [-0.15, -0.1) is 0 Å². The molecular formula is C12H8Cl2O2. The molecule has 0 aliphatic heterocycles. The van der Waals surface area contributed by atoms with E-state index in [1.54, 1.807) is 24.3 Å². The van der Waals surface area contributed by atoms with E-state index in [2.05, 4.69) is 0 Å². The summed E-state index contributed by atoms with van der Waals surface area (Å²) >= 11 is 11.9. The van der Waals surface area contributed by atoms with Crippen LogP contribution in [0.3, 0.4) is 0 Å². The molecule has 0 aliphatic carbocycles. The maximum atomic E-state index is 11.1. The summed E-state index contributed by atoms with van der Waals surface area (Å²) in [6, 6.07) is 6.80. The van der Waals surface area contributed by atoms with Gasteiger partial charge in [0, 0.05) is 28.1 Å². The smallest absolute Gasteiger partial charge is 0.194 e. The Morgan fingerprint density at radius 2 is 2.00 bits per heavy atom. The van der Waals surface area contributed by atoms with Crippen LogP contribution in [0, 0.1) is 0 Å². The maximum absolute atomic E-state index is 11.1. The molecule has 0 saturated carbocycles. The molecule has 0 bridgehead atoms. The quantitative estimate of drug-likeness (QED) is 0.741. The van der Waals surface area contributed by atoms with Crippen LogP contribution in [-0.2, 0) is 0 Å². The van der Waals surface area contributed by atoms with Crippen LogP contribution in [-0.4, -0.2) is 5.78 Å². The lowest BCUT2D eigenvalue weighted by Crippen LogP contribution is -1.86. The van der Waals surface area contributed by atoms with Crippen molar-refractivity contribution in [2.24, 2.45) is 0 Å². The molecule has 1 aromatic heterocycles. The van der Waals surface area contributed by atoms with Crippen molar-refractivity contribution in [2.75, 3.05) is 0 Å². The third kappa shape index (κ3) is 2.13. The average Bonchev–Trinajstić information content (AvgIpc) is 2.70. The van der Waals surface area contributed by atoms with Gasteiger partial charge in [0.25, 0.3) is 0 Å². The highest BCUT2D eigenvalue weighted by Crippen LogP contribution is 2.31. The Morgan fingerprint density at radius 3 is 2.62 bits per heavy atom. The van der Waals surface area contributed by atoms with Gasteiger partial charge in [-0.2, -0.15) is 0 Å². The van der Waals surface area contributed by atoms with Crippen molar-refractivity contribution < 1.29 is 9.21 Å². The Morgan fingerprint density at radius 1 is 1.25 bits per heavy atom. The number of benzene rings is 1. The van der Waals surface area contributed by atoms with Crippen molar-refractivity contribution in [3.63, 3.8) is 0 Å². The molecule has 0 amide bonds. The monoisotopic (exact) mass is 254 g/mol. The minimum atomic E-state index is -0.121. The number of carbonyl (C=O) groups is 1. The molecule has 0 N–H and O–H groups in total. The van der Waals surface area contributed by atoms with Crippen molar-refractivity contribution in [1.82, 2.24) is 0 Å². The summed E-state index contributed by atoms with van der Waals surface area (Å²) in [5.41, 5.74) is 1.50. The lowest BCUT2D eigenvalue weighted by Gasteiger charge is -2.00. The van der Waals surface area contributed by atoms with E-state index in [1.807, 2.05) is 0 Å². The summed E-state index contributed by atoms with van der Waals surface area (Å²) in [6.45, 7) is 1.45. The van der Waals surface area contributed by atoms with E-state index in [4.69, 9.17) is 27.6 Å². The van der Waals surface area contributed by atoms with Crippen LogP contribution in [0.5, 0.6) is 0 Å². The zero-order valence-corrected chi connectivity index (χ0v) is 9.97. The van der Waals surface area contributed by atoms with Gasteiger partial charge in [0.05, 0.1) is 6.26 Å². The fraction of sp³-hybridized carbons (Fsp3) is 0.0833. The highest BCUT2D eigenvalue weighted by atomic mass is 35.5. The second-order valence-electron chi connectivity index (χ2n) is 3.38. The summed E-state index contributed by atoms with van der Waals surface area (Å²) in [4.78, 5) is 11.1. The average molecular weight is 255 g/mol. The molecule has 82 valence electrons. The molecule has 16 heavy (non-hydrogen) atoms. The van der Waals surface area contributed by atoms with Gasteiger partial charge >= 0.3 is 0 Å². The molecule has 0 radical (unpaired) electrons. The first-order valence-corrected chi connectivity index (χ1v) is 5.38. The minimum absolute atomic E-state index is 0.121. The van der Waals surface area contributed by atoms with E-state index in [1.165, 1.54) is 13.2 Å². The summed E-state index contributed by atoms with van der Waals surface area (Å²) in [7, 11) is 0. The molecule has 1 heterocycles. The topological polar surface area (TPSA) is 30.2 Å². The number of Topliss-reactive ketones (excluding diaryl/α,β-unsaturated/α-hetero) is 1. The van der Waals surface area contributed by atoms with E-state index < -0.39 is 0 Å². The van der Waals surface area contributed by atoms with Gasteiger partial charge in [-0.05, 0) is 24.3 Å². The highest BCUT2D eigenvalue weighted by molar-refractivity contribution is 6.35. The van der Waals surface area contributed by atoms with Crippen LogP contribution in [0.4, 0.5) is 0 Å². The number of halogens is 2. The number of furan rings is 1. The third-order valence-corrected chi connectivity index (χ3v) is 2.75. The summed E-state index contributed by atoms with van der Waals surface area (Å²) in [6.07, 6.45) is 1.49. The Bertz CT molecular complexity index is 544. The van der Waals surface area contributed by atoms with Gasteiger partial charge in [0.2, 0.25) is 0 Å². The summed E-state index contributed by atoms with van der Waals surface area (Å²) in [5.74, 6) is 0.190. The molecule has 2 aromatic rings. The number of hydrogen-bond acceptors (Lipinski definition) is 2. The molecule has 0 saturated heterocycles. The van der Waals surface area contributed by atoms with Crippen LogP contribution in [0.25, 0.3) is 11.1 Å². The van der Waals surface area contributed by atoms with Gasteiger partial charge in [-0.1, -0.05) is 23.2 Å². The minimum Gasteiger partial charge on any atom is -0.461 e. The van der Waals surface area contributed by atoms with Crippen LogP contribution in [0.15, 0.2) is 34.9 Å². The summed E-state index contributed by atoms with van der Waals surface area (Å²) in [5, 5.41) is 1.16. The van der Waals surface area contributed by atoms with Gasteiger partial charge < -0.3 is 4.42 Å². The van der Waals surface area contributed by atoms with Crippen molar-refractivity contribution >= 4 is 29.0 Å². The maximum Gasteiger partial charge on any atom is 0.194 e. The Hall–Kier alpha value is -1.25. The van der Waals surface area contributed by atoms with Crippen LogP contribution in [0.1, 0.15) is 17.5 Å². The SMILES string of the molecule is CC(=O)c1cc(-c2cc(Cl)ccc2Cl)co1. The van der Waals surface area contributed by atoms with Crippen molar-refractivity contribution in [3.8, 4) is 11.1 Å². The lowest BCUT2D eigenvalue weighted by molar-refractivity contribution is 0.0987. The molecule has 0 aliphatic rings. The third-order valence-electron chi connectivity index (χ3n) is 2.19. The first kappa shape index (κ1) is 11.2. The molecular weight excluding hydrogens is 247 g/mol. The fourth-order valence-electron chi connectivity index (χ4n) is 1.38. The van der Waals surface area contributed by atoms with Gasteiger partial charge in [-0.25, -0.2) is 0 Å². The molecule has 4 heteroatoms. The highest BCUT2D eigenvalue weighted by Gasteiger charge is 2.10. The van der Waals surface area contributed by atoms with E-state index in [0.717, 1.165) is 11.1 Å². The molecule has 0 fully saturated rings. The fourth-order valence-corrected chi connectivity index (χ4v) is 1.78. The number of ketones is 1. The second kappa shape index (κ2) is 4.32. The van der Waals surface area contributed by atoms with Crippen LogP contribution < -0.4 is 0 Å². The van der Waals surface area contributed by atoms with Crippen molar-refractivity contribution in [3.05, 3.63) is 46.3 Å². The second-order valence-corrected chi connectivity index (χ2v) is 4.22. The largest absolute Gasteiger partial charge is 0.461 e. The van der Waals surface area contributed by atoms with E-state index >= 15 is 0 Å². The number of hydrogen-bond donors (Lipinski definition) is 0. The first-order valence-electron chi connectivity index (χ1n) is 4.63. The molecule has 0 atom stereocenters. The van der Waals surface area contributed by atoms with Gasteiger partial charge in [0.15, 0.2) is 11.5 Å². The Labute approximate surface area is 103 Å². The van der Waals surface area contributed by atoms with Gasteiger partial charge in [0.1, 0.15) is 0 Å². The van der Waals surface area contributed by atoms with Gasteiger partial charge in [-0.3, -0.25) is 4.79 Å². The van der Waals surface area contributed by atoms with Crippen molar-refractivity contribution in [2.45, 2.75) is 6.92 Å². The lowest BCUT2D eigenvalue weighted by atomic mass is 10.1. The standard InChI is InChI=1S/C12H8Cl2O2/c1-7(15)12-4-8(6-16-12)10-5-9(13)2-3-11(10)14/h2-6H,1H3. The zero-order chi connectivity index (χ0) is 11.7. The van der Waals surface area contributed by atoms with E-state index in [9.17, 15) is 4.79 Å². The zero-order valence-electron chi connectivity index (χ0n) is 8.46. The predicted molar refractivity (Wildman–Crippen MR) is 64.2 cm³/mol. The molecule has 0 unspecified atom stereocenters. The van der Waals surface area contributed by atoms with E-state index in [-0.39, 0.29) is 5.78 Å². The molecule has 2 rings (SSSR count). The number of carbonyl (C=O) groups excluding carboxylic acids is 1. The van der Waals surface area contributed by atoms with Crippen LogP contribution in [0.2, 0.25) is 10.0 Å². The van der Waals surface area contributed by atoms with E-state index in [0.29, 0.717) is 15.8 Å². The summed E-state index contributed by atoms with van der Waals surface area (Å²) < 4.78 is 5.12. The molecule has 0 spiro atoms. The number of rotatable bonds is 2. The Kier molecular flexibility index (Phi) is 3.03. The first-order chi connectivity index (χ1) is 7.58.